The second kappa shape index (κ2) is 5.21. The Morgan fingerprint density at radius 1 is 1.21 bits per heavy atom. The Labute approximate surface area is 109 Å². The standard InChI is InChI=1S/C13H15F3N2O/c14-13(15,16)10-4-1-8(2-5-10)9-3-6-11(12(17)19)18-7-9/h1-2,4-5,9,11,18H,3,6-7H2,(H2,17,19). The van der Waals surface area contributed by atoms with Gasteiger partial charge < -0.3 is 11.1 Å². The first-order valence-corrected chi connectivity index (χ1v) is 6.08. The zero-order chi connectivity index (χ0) is 14.0. The Kier molecular flexibility index (Phi) is 3.80. The predicted octanol–water partition coefficient (Wildman–Crippen LogP) is 2.03. The maximum Gasteiger partial charge on any atom is 0.416 e. The van der Waals surface area contributed by atoms with Gasteiger partial charge in [-0.2, -0.15) is 13.2 Å². The predicted molar refractivity (Wildman–Crippen MR) is 64.4 cm³/mol. The molecule has 0 bridgehead atoms. The minimum atomic E-state index is -4.31. The number of nitrogens with one attached hydrogen (secondary N) is 1. The van der Waals surface area contributed by atoms with Crippen LogP contribution in [0, 0.1) is 0 Å². The van der Waals surface area contributed by atoms with Crippen molar-refractivity contribution in [2.75, 3.05) is 6.54 Å². The molecular formula is C13H15F3N2O. The van der Waals surface area contributed by atoms with Crippen LogP contribution in [0.25, 0.3) is 0 Å². The minimum Gasteiger partial charge on any atom is -0.368 e. The van der Waals surface area contributed by atoms with Gasteiger partial charge in [0, 0.05) is 6.54 Å². The Bertz CT molecular complexity index is 448. The molecule has 0 spiro atoms. The lowest BCUT2D eigenvalue weighted by Crippen LogP contribution is -2.46. The summed E-state index contributed by atoms with van der Waals surface area (Å²) in [6, 6.07) is 4.86. The van der Waals surface area contributed by atoms with Crippen LogP contribution < -0.4 is 11.1 Å². The highest BCUT2D eigenvalue weighted by Crippen LogP contribution is 2.31. The number of hydrogen-bond donors (Lipinski definition) is 2. The highest BCUT2D eigenvalue weighted by Gasteiger charge is 2.31. The van der Waals surface area contributed by atoms with Crippen LogP contribution in [0.2, 0.25) is 0 Å². The summed E-state index contributed by atoms with van der Waals surface area (Å²) in [6.45, 7) is 0.555. The molecule has 2 unspecified atom stereocenters. The number of nitrogens with two attached hydrogens (primary N) is 1. The largest absolute Gasteiger partial charge is 0.416 e. The van der Waals surface area contributed by atoms with Crippen molar-refractivity contribution in [2.24, 2.45) is 5.73 Å². The minimum absolute atomic E-state index is 0.123. The van der Waals surface area contributed by atoms with Gasteiger partial charge in [-0.25, -0.2) is 0 Å². The van der Waals surface area contributed by atoms with E-state index in [1.807, 2.05) is 0 Å². The molecule has 0 aromatic heterocycles. The van der Waals surface area contributed by atoms with Crippen LogP contribution in [0.3, 0.4) is 0 Å². The molecule has 6 heteroatoms. The van der Waals surface area contributed by atoms with E-state index in [-0.39, 0.29) is 17.9 Å². The van der Waals surface area contributed by atoms with Crippen LogP contribution in [0.4, 0.5) is 13.2 Å². The molecule has 19 heavy (non-hydrogen) atoms. The Hall–Kier alpha value is -1.56. The molecule has 2 rings (SSSR count). The van der Waals surface area contributed by atoms with Crippen LogP contribution in [-0.2, 0) is 11.0 Å². The number of hydrogen-bond acceptors (Lipinski definition) is 2. The monoisotopic (exact) mass is 272 g/mol. The van der Waals surface area contributed by atoms with Crippen LogP contribution in [0.1, 0.15) is 29.9 Å². The number of carbonyl (C=O) groups excluding carboxylic acids is 1. The molecule has 1 heterocycles. The van der Waals surface area contributed by atoms with Crippen molar-refractivity contribution in [3.63, 3.8) is 0 Å². The van der Waals surface area contributed by atoms with Crippen LogP contribution in [0.5, 0.6) is 0 Å². The lowest BCUT2D eigenvalue weighted by atomic mass is 9.88. The average Bonchev–Trinajstić information content (AvgIpc) is 2.38. The number of carbonyl (C=O) groups is 1. The SMILES string of the molecule is NC(=O)C1CCC(c2ccc(C(F)(F)F)cc2)CN1. The second-order valence-electron chi connectivity index (χ2n) is 4.76. The van der Waals surface area contributed by atoms with Gasteiger partial charge in [0.25, 0.3) is 0 Å². The fraction of sp³-hybridized carbons (Fsp3) is 0.462. The van der Waals surface area contributed by atoms with E-state index in [1.165, 1.54) is 12.1 Å². The van der Waals surface area contributed by atoms with E-state index in [0.717, 1.165) is 24.1 Å². The summed E-state index contributed by atoms with van der Waals surface area (Å²) in [4.78, 5) is 11.0. The fourth-order valence-electron chi connectivity index (χ4n) is 2.33. The summed E-state index contributed by atoms with van der Waals surface area (Å²) in [5.41, 5.74) is 5.40. The summed E-state index contributed by atoms with van der Waals surface area (Å²) < 4.78 is 37.3. The number of halogens is 3. The number of benzene rings is 1. The first-order chi connectivity index (χ1) is 8.88. The molecule has 104 valence electrons. The van der Waals surface area contributed by atoms with Crippen LogP contribution >= 0.6 is 0 Å². The van der Waals surface area contributed by atoms with E-state index < -0.39 is 11.7 Å². The molecule has 3 N–H and O–H groups in total. The molecule has 2 atom stereocenters. The van der Waals surface area contributed by atoms with E-state index in [4.69, 9.17) is 5.73 Å². The van der Waals surface area contributed by atoms with Gasteiger partial charge in [-0.15, -0.1) is 0 Å². The molecule has 0 radical (unpaired) electrons. The van der Waals surface area contributed by atoms with E-state index >= 15 is 0 Å². The fourth-order valence-corrected chi connectivity index (χ4v) is 2.33. The van der Waals surface area contributed by atoms with Crippen molar-refractivity contribution in [3.8, 4) is 0 Å². The van der Waals surface area contributed by atoms with Crippen molar-refractivity contribution in [2.45, 2.75) is 31.0 Å². The third-order valence-corrected chi connectivity index (χ3v) is 3.47. The van der Waals surface area contributed by atoms with Gasteiger partial charge in [-0.3, -0.25) is 4.79 Å². The summed E-state index contributed by atoms with van der Waals surface area (Å²) in [7, 11) is 0. The van der Waals surface area contributed by atoms with E-state index in [1.54, 1.807) is 0 Å². The smallest absolute Gasteiger partial charge is 0.368 e. The highest BCUT2D eigenvalue weighted by atomic mass is 19.4. The molecule has 1 aromatic carbocycles. The molecule has 1 saturated heterocycles. The zero-order valence-electron chi connectivity index (χ0n) is 10.2. The quantitative estimate of drug-likeness (QED) is 0.865. The lowest BCUT2D eigenvalue weighted by molar-refractivity contribution is -0.137. The van der Waals surface area contributed by atoms with Gasteiger partial charge >= 0.3 is 6.18 Å². The lowest BCUT2D eigenvalue weighted by Gasteiger charge is -2.28. The van der Waals surface area contributed by atoms with E-state index in [0.29, 0.717) is 13.0 Å². The van der Waals surface area contributed by atoms with Crippen molar-refractivity contribution >= 4 is 5.91 Å². The van der Waals surface area contributed by atoms with Gasteiger partial charge in [0.1, 0.15) is 0 Å². The molecule has 0 saturated carbocycles. The molecular weight excluding hydrogens is 257 g/mol. The van der Waals surface area contributed by atoms with Crippen LogP contribution in [0.15, 0.2) is 24.3 Å². The Balaban J connectivity index is 2.02. The van der Waals surface area contributed by atoms with Crippen molar-refractivity contribution in [1.82, 2.24) is 5.32 Å². The summed E-state index contributed by atoms with van der Waals surface area (Å²) in [6.07, 6.45) is -2.95. The summed E-state index contributed by atoms with van der Waals surface area (Å²) in [5.74, 6) is -0.260. The first kappa shape index (κ1) is 13.9. The first-order valence-electron chi connectivity index (χ1n) is 6.08. The van der Waals surface area contributed by atoms with Crippen molar-refractivity contribution in [3.05, 3.63) is 35.4 Å². The number of piperidine rings is 1. The van der Waals surface area contributed by atoms with Gasteiger partial charge in [0.15, 0.2) is 0 Å². The average molecular weight is 272 g/mol. The normalized spacial score (nSPS) is 24.2. The number of alkyl halides is 3. The second-order valence-corrected chi connectivity index (χ2v) is 4.76. The summed E-state index contributed by atoms with van der Waals surface area (Å²) in [5, 5.41) is 3.02. The molecule has 1 aliphatic heterocycles. The molecule has 1 fully saturated rings. The van der Waals surface area contributed by atoms with Crippen LogP contribution in [-0.4, -0.2) is 18.5 Å². The molecule has 1 aromatic rings. The maximum atomic E-state index is 12.4. The zero-order valence-corrected chi connectivity index (χ0v) is 10.2. The maximum absolute atomic E-state index is 12.4. The third kappa shape index (κ3) is 3.26. The Morgan fingerprint density at radius 3 is 2.26 bits per heavy atom. The number of primary amides is 1. The molecule has 0 aliphatic carbocycles. The molecule has 3 nitrogen and oxygen atoms in total. The summed E-state index contributed by atoms with van der Waals surface area (Å²) >= 11 is 0. The third-order valence-electron chi connectivity index (χ3n) is 3.47. The van der Waals surface area contributed by atoms with Crippen molar-refractivity contribution in [1.29, 1.82) is 0 Å². The molecule has 1 amide bonds. The van der Waals surface area contributed by atoms with Gasteiger partial charge in [-0.05, 0) is 36.5 Å². The van der Waals surface area contributed by atoms with Crippen molar-refractivity contribution < 1.29 is 18.0 Å². The van der Waals surface area contributed by atoms with Gasteiger partial charge in [0.2, 0.25) is 5.91 Å². The van der Waals surface area contributed by atoms with E-state index in [9.17, 15) is 18.0 Å². The number of amides is 1. The van der Waals surface area contributed by atoms with Gasteiger partial charge in [0.05, 0.1) is 11.6 Å². The topological polar surface area (TPSA) is 55.1 Å². The number of rotatable bonds is 2. The highest BCUT2D eigenvalue weighted by molar-refractivity contribution is 5.79. The van der Waals surface area contributed by atoms with Gasteiger partial charge in [-0.1, -0.05) is 12.1 Å². The van der Waals surface area contributed by atoms with E-state index in [2.05, 4.69) is 5.32 Å². The Morgan fingerprint density at radius 2 is 1.84 bits per heavy atom. The molecule has 1 aliphatic rings.